The van der Waals surface area contributed by atoms with Crippen LogP contribution in [0.2, 0.25) is 0 Å². The van der Waals surface area contributed by atoms with Crippen molar-refractivity contribution in [2.45, 2.75) is 56.6 Å². The molecule has 2 aliphatic rings. The molecule has 2 unspecified atom stereocenters. The highest BCUT2D eigenvalue weighted by atomic mass is 19.4. The average Bonchev–Trinajstić information content (AvgIpc) is 3.26. The number of fused-ring (bicyclic) bond motifs is 1. The Balaban J connectivity index is 1.57. The van der Waals surface area contributed by atoms with E-state index in [-0.39, 0.29) is 31.9 Å². The van der Waals surface area contributed by atoms with Gasteiger partial charge in [0.25, 0.3) is 5.91 Å². The number of aliphatic hydroxyl groups is 1. The highest BCUT2D eigenvalue weighted by Crippen LogP contribution is 2.41. The Morgan fingerprint density at radius 3 is 2.51 bits per heavy atom. The number of halogens is 4. The third-order valence-corrected chi connectivity index (χ3v) is 7.09. The summed E-state index contributed by atoms with van der Waals surface area (Å²) in [7, 11) is 3.56. The fourth-order valence-corrected chi connectivity index (χ4v) is 4.78. The Labute approximate surface area is 212 Å². The van der Waals surface area contributed by atoms with Crippen molar-refractivity contribution >= 4 is 23.4 Å². The zero-order chi connectivity index (χ0) is 27.1. The molecular formula is C24H31F4N7O2. The number of amides is 1. The second-order valence-electron chi connectivity index (χ2n) is 9.85. The first-order chi connectivity index (χ1) is 17.3. The number of nitrogens with one attached hydrogen (secondary N) is 2. The van der Waals surface area contributed by atoms with Crippen molar-refractivity contribution in [3.63, 3.8) is 0 Å². The van der Waals surface area contributed by atoms with Crippen molar-refractivity contribution in [3.05, 3.63) is 35.3 Å². The van der Waals surface area contributed by atoms with E-state index < -0.39 is 41.4 Å². The maximum Gasteiger partial charge on any atom is 0.417 e. The molecular weight excluding hydrogens is 494 g/mol. The van der Waals surface area contributed by atoms with E-state index in [9.17, 15) is 23.1 Å². The SMILES string of the molecule is CC(Nc1ncc(N(C)C)c(C2CNc3ncc(C(F)(F)F)cc32)n1)C1(F)CCN(C(=O)[C@@H](C)O)CC1. The fraction of sp³-hybridized carbons (Fsp3) is 0.583. The largest absolute Gasteiger partial charge is 0.417 e. The topological polar surface area (TPSA) is 107 Å². The van der Waals surface area contributed by atoms with E-state index >= 15 is 4.39 Å². The lowest BCUT2D eigenvalue weighted by atomic mass is 9.86. The van der Waals surface area contributed by atoms with Crippen LogP contribution >= 0.6 is 0 Å². The average molecular weight is 526 g/mol. The van der Waals surface area contributed by atoms with Gasteiger partial charge in [0.1, 0.15) is 17.6 Å². The van der Waals surface area contributed by atoms with E-state index in [1.165, 1.54) is 11.8 Å². The zero-order valence-electron chi connectivity index (χ0n) is 21.1. The molecule has 0 radical (unpaired) electrons. The number of aromatic nitrogens is 3. The van der Waals surface area contributed by atoms with E-state index in [2.05, 4.69) is 25.6 Å². The van der Waals surface area contributed by atoms with Gasteiger partial charge >= 0.3 is 6.18 Å². The molecule has 0 bridgehead atoms. The highest BCUT2D eigenvalue weighted by Gasteiger charge is 2.42. The van der Waals surface area contributed by atoms with Crippen LogP contribution in [0.25, 0.3) is 0 Å². The van der Waals surface area contributed by atoms with E-state index in [0.717, 1.165) is 12.3 Å². The molecule has 1 fully saturated rings. The van der Waals surface area contributed by atoms with Crippen LogP contribution < -0.4 is 15.5 Å². The number of pyridine rings is 1. The first-order valence-electron chi connectivity index (χ1n) is 12.1. The van der Waals surface area contributed by atoms with Gasteiger partial charge in [-0.3, -0.25) is 4.79 Å². The summed E-state index contributed by atoms with van der Waals surface area (Å²) < 4.78 is 55.8. The molecule has 4 heterocycles. The van der Waals surface area contributed by atoms with Gasteiger partial charge in [-0.25, -0.2) is 19.3 Å². The number of aliphatic hydroxyl groups excluding tert-OH is 1. The molecule has 2 aromatic heterocycles. The molecule has 1 amide bonds. The second kappa shape index (κ2) is 9.92. The van der Waals surface area contributed by atoms with Crippen LogP contribution in [-0.2, 0) is 11.0 Å². The summed E-state index contributed by atoms with van der Waals surface area (Å²) >= 11 is 0. The maximum atomic E-state index is 15.8. The number of carbonyl (C=O) groups excluding carboxylic acids is 1. The molecule has 3 N–H and O–H groups in total. The summed E-state index contributed by atoms with van der Waals surface area (Å²) in [5.41, 5.74) is -0.992. The maximum absolute atomic E-state index is 15.8. The minimum atomic E-state index is -4.53. The van der Waals surface area contributed by atoms with E-state index in [0.29, 0.717) is 29.3 Å². The number of rotatable bonds is 6. The van der Waals surface area contributed by atoms with Gasteiger partial charge in [0, 0.05) is 64.2 Å². The van der Waals surface area contributed by atoms with E-state index in [1.807, 2.05) is 0 Å². The van der Waals surface area contributed by atoms with Gasteiger partial charge in [0.15, 0.2) is 0 Å². The number of carbonyl (C=O) groups is 1. The molecule has 13 heteroatoms. The lowest BCUT2D eigenvalue weighted by Crippen LogP contribution is -2.53. The van der Waals surface area contributed by atoms with Crippen LogP contribution in [0.4, 0.5) is 35.0 Å². The van der Waals surface area contributed by atoms with Gasteiger partial charge in [-0.2, -0.15) is 13.2 Å². The minimum absolute atomic E-state index is 0.0775. The lowest BCUT2D eigenvalue weighted by Gasteiger charge is -2.40. The van der Waals surface area contributed by atoms with Crippen LogP contribution in [0.1, 0.15) is 49.4 Å². The highest BCUT2D eigenvalue weighted by molar-refractivity contribution is 5.80. The molecule has 37 heavy (non-hydrogen) atoms. The van der Waals surface area contributed by atoms with Gasteiger partial charge in [0.2, 0.25) is 5.95 Å². The van der Waals surface area contributed by atoms with Gasteiger partial charge in [-0.15, -0.1) is 0 Å². The van der Waals surface area contributed by atoms with Crippen LogP contribution in [0, 0.1) is 0 Å². The minimum Gasteiger partial charge on any atom is -0.384 e. The molecule has 2 aromatic rings. The van der Waals surface area contributed by atoms with Crippen molar-refractivity contribution in [3.8, 4) is 0 Å². The molecule has 3 atom stereocenters. The molecule has 2 aliphatic heterocycles. The normalized spacial score (nSPS) is 20.6. The molecule has 0 saturated carbocycles. The molecule has 1 saturated heterocycles. The number of likely N-dealkylation sites (tertiary alicyclic amines) is 1. The Kier molecular flexibility index (Phi) is 7.19. The Bertz CT molecular complexity index is 1150. The Morgan fingerprint density at radius 1 is 1.24 bits per heavy atom. The fourth-order valence-electron chi connectivity index (χ4n) is 4.78. The van der Waals surface area contributed by atoms with Crippen molar-refractivity contribution in [2.24, 2.45) is 0 Å². The number of nitrogens with zero attached hydrogens (tertiary/aromatic N) is 5. The summed E-state index contributed by atoms with van der Waals surface area (Å²) in [6.07, 6.45) is -3.15. The Hall–Kier alpha value is -3.22. The van der Waals surface area contributed by atoms with Crippen LogP contribution in [-0.4, -0.2) is 82.4 Å². The number of anilines is 3. The Morgan fingerprint density at radius 2 is 1.92 bits per heavy atom. The third-order valence-electron chi connectivity index (χ3n) is 7.09. The zero-order valence-corrected chi connectivity index (χ0v) is 21.1. The van der Waals surface area contributed by atoms with Crippen LogP contribution in [0.3, 0.4) is 0 Å². The second-order valence-corrected chi connectivity index (χ2v) is 9.85. The summed E-state index contributed by atoms with van der Waals surface area (Å²) in [5.74, 6) is -0.426. The van der Waals surface area contributed by atoms with Crippen molar-refractivity contribution in [1.29, 1.82) is 0 Å². The molecule has 0 spiro atoms. The number of alkyl halides is 4. The summed E-state index contributed by atoms with van der Waals surface area (Å²) in [6.45, 7) is 3.71. The van der Waals surface area contributed by atoms with Crippen LogP contribution in [0.5, 0.6) is 0 Å². The summed E-state index contributed by atoms with van der Waals surface area (Å²) in [6, 6.07) is 0.380. The van der Waals surface area contributed by atoms with Crippen molar-refractivity contribution < 1.29 is 27.5 Å². The molecule has 4 rings (SSSR count). The first kappa shape index (κ1) is 26.8. The smallest absolute Gasteiger partial charge is 0.384 e. The van der Waals surface area contributed by atoms with Gasteiger partial charge in [-0.05, 0) is 19.9 Å². The number of piperidine rings is 1. The monoisotopic (exact) mass is 525 g/mol. The first-order valence-corrected chi connectivity index (χ1v) is 12.1. The van der Waals surface area contributed by atoms with Gasteiger partial charge < -0.3 is 25.5 Å². The molecule has 0 aliphatic carbocycles. The van der Waals surface area contributed by atoms with E-state index in [4.69, 9.17) is 0 Å². The molecule has 0 aromatic carbocycles. The molecule has 9 nitrogen and oxygen atoms in total. The predicted octanol–water partition coefficient (Wildman–Crippen LogP) is 3.03. The van der Waals surface area contributed by atoms with E-state index in [1.54, 1.807) is 32.1 Å². The number of hydrogen-bond donors (Lipinski definition) is 3. The van der Waals surface area contributed by atoms with Crippen molar-refractivity contribution in [1.82, 2.24) is 19.9 Å². The predicted molar refractivity (Wildman–Crippen MR) is 130 cm³/mol. The van der Waals surface area contributed by atoms with Gasteiger partial charge in [0.05, 0.1) is 29.2 Å². The van der Waals surface area contributed by atoms with Gasteiger partial charge in [-0.1, -0.05) is 0 Å². The lowest BCUT2D eigenvalue weighted by molar-refractivity contribution is -0.142. The standard InChI is InChI=1S/C24H31F4N7O2/c1-13(36)21(37)35-7-5-23(25,6-8-35)14(2)32-22-31-12-18(34(3)4)19(33-22)17-11-30-20-16(17)9-15(10-29-20)24(26,27)28/h9-10,12-14,17,36H,5-8,11H2,1-4H3,(H,29,30)(H,31,32,33)/t13-,14?,17?/m1/s1. The summed E-state index contributed by atoms with van der Waals surface area (Å²) in [4.78, 5) is 28.1. The third kappa shape index (κ3) is 5.41. The summed E-state index contributed by atoms with van der Waals surface area (Å²) in [5, 5.41) is 15.6. The van der Waals surface area contributed by atoms with Crippen molar-refractivity contribution in [2.75, 3.05) is 49.3 Å². The quantitative estimate of drug-likeness (QED) is 0.495. The molecule has 202 valence electrons. The van der Waals surface area contributed by atoms with Crippen LogP contribution in [0.15, 0.2) is 18.5 Å². The number of hydrogen-bond acceptors (Lipinski definition) is 8.